The van der Waals surface area contributed by atoms with Gasteiger partial charge in [0.1, 0.15) is 23.9 Å². The van der Waals surface area contributed by atoms with Crippen LogP contribution in [-0.2, 0) is 14.8 Å². The maximum Gasteiger partial charge on any atom is 0.265 e. The van der Waals surface area contributed by atoms with Gasteiger partial charge in [0.05, 0.1) is 4.90 Å². The smallest absolute Gasteiger partial charge is 0.265 e. The molecule has 7 nitrogen and oxygen atoms in total. The quantitative estimate of drug-likeness (QED) is 0.447. The molecule has 1 heterocycles. The first kappa shape index (κ1) is 22.2. The van der Waals surface area contributed by atoms with Crippen LogP contribution in [0, 0.1) is 11.6 Å². The van der Waals surface area contributed by atoms with Gasteiger partial charge in [-0.3, -0.25) is 9.59 Å². The van der Waals surface area contributed by atoms with Crippen molar-refractivity contribution in [3.63, 3.8) is 0 Å². The van der Waals surface area contributed by atoms with Crippen molar-refractivity contribution in [2.24, 2.45) is 0 Å². The van der Waals surface area contributed by atoms with Crippen molar-refractivity contribution in [2.75, 3.05) is 11.9 Å². The molecule has 33 heavy (non-hydrogen) atoms. The first-order valence-corrected chi connectivity index (χ1v) is 11.0. The molecule has 4 rings (SSSR count). The van der Waals surface area contributed by atoms with Gasteiger partial charge in [-0.05, 0) is 54.6 Å². The molecule has 3 aromatic rings. The van der Waals surface area contributed by atoms with Crippen molar-refractivity contribution in [3.05, 3.63) is 101 Å². The first-order valence-electron chi connectivity index (χ1n) is 9.59. The zero-order valence-corrected chi connectivity index (χ0v) is 17.6. The number of carbonyl (C=O) groups is 2. The van der Waals surface area contributed by atoms with Gasteiger partial charge in [-0.1, -0.05) is 18.2 Å². The van der Waals surface area contributed by atoms with E-state index in [1.165, 1.54) is 54.6 Å². The number of carbonyl (C=O) groups excluding carboxylic acids is 2. The van der Waals surface area contributed by atoms with Crippen LogP contribution < -0.4 is 5.32 Å². The number of aliphatic hydroxyl groups is 1. The van der Waals surface area contributed by atoms with E-state index in [1.54, 1.807) is 0 Å². The van der Waals surface area contributed by atoms with Crippen molar-refractivity contribution in [2.45, 2.75) is 4.90 Å². The number of aliphatic hydroxyl groups excluding tert-OH is 1. The highest BCUT2D eigenvalue weighted by atomic mass is 32.2. The lowest BCUT2D eigenvalue weighted by molar-refractivity contribution is -0.116. The average Bonchev–Trinajstić information content (AvgIpc) is 2.78. The molecule has 0 atom stereocenters. The number of sulfonamides is 1. The SMILES string of the molecule is O=C(CN1C(=C(O)c2ccc(F)cc2)C(=O)c2ccccc2S1(=O)=O)Nc1cccc(F)c1. The third kappa shape index (κ3) is 4.20. The number of amides is 1. The number of hydrogen-bond donors (Lipinski definition) is 2. The van der Waals surface area contributed by atoms with Crippen molar-refractivity contribution in [1.29, 1.82) is 0 Å². The van der Waals surface area contributed by atoms with E-state index in [1.807, 2.05) is 0 Å². The first-order chi connectivity index (χ1) is 15.7. The van der Waals surface area contributed by atoms with E-state index < -0.39 is 51.3 Å². The predicted molar refractivity (Wildman–Crippen MR) is 116 cm³/mol. The number of hydrogen-bond acceptors (Lipinski definition) is 5. The second kappa shape index (κ2) is 8.47. The fraction of sp³-hybridized carbons (Fsp3) is 0.0435. The Kier molecular flexibility index (Phi) is 5.69. The average molecular weight is 470 g/mol. The topological polar surface area (TPSA) is 104 Å². The Bertz CT molecular complexity index is 1400. The van der Waals surface area contributed by atoms with Gasteiger partial charge >= 0.3 is 0 Å². The number of ketones is 1. The summed E-state index contributed by atoms with van der Waals surface area (Å²) in [5, 5.41) is 13.2. The summed E-state index contributed by atoms with van der Waals surface area (Å²) in [4.78, 5) is 25.5. The van der Waals surface area contributed by atoms with E-state index >= 15 is 0 Å². The number of rotatable bonds is 4. The molecule has 3 aromatic carbocycles. The van der Waals surface area contributed by atoms with Gasteiger partial charge < -0.3 is 10.4 Å². The number of nitrogens with one attached hydrogen (secondary N) is 1. The number of fused-ring (bicyclic) bond motifs is 1. The van der Waals surface area contributed by atoms with Gasteiger partial charge in [0.25, 0.3) is 10.0 Å². The minimum atomic E-state index is -4.44. The molecule has 1 aliphatic rings. The second-order valence-electron chi connectivity index (χ2n) is 7.10. The molecule has 0 saturated heterocycles. The van der Waals surface area contributed by atoms with E-state index in [0.717, 1.165) is 18.2 Å². The highest BCUT2D eigenvalue weighted by Gasteiger charge is 2.42. The summed E-state index contributed by atoms with van der Waals surface area (Å²) in [5.74, 6) is -3.66. The number of benzene rings is 3. The standard InChI is InChI=1S/C23H16F2N2O5S/c24-15-10-8-14(9-11-15)22(29)21-23(30)18-6-1-2-7-19(18)33(31,32)27(21)13-20(28)26-17-5-3-4-16(25)12-17/h1-12,29H,13H2,(H,26,28). The Balaban J connectivity index is 1.81. The largest absolute Gasteiger partial charge is 0.505 e. The van der Waals surface area contributed by atoms with E-state index in [0.29, 0.717) is 4.31 Å². The van der Waals surface area contributed by atoms with Crippen LogP contribution in [0.2, 0.25) is 0 Å². The molecule has 0 aliphatic carbocycles. The van der Waals surface area contributed by atoms with Crippen LogP contribution in [0.1, 0.15) is 15.9 Å². The summed E-state index contributed by atoms with van der Waals surface area (Å²) < 4.78 is 53.9. The van der Waals surface area contributed by atoms with Crippen molar-refractivity contribution in [3.8, 4) is 0 Å². The number of nitrogens with zero attached hydrogens (tertiary/aromatic N) is 1. The van der Waals surface area contributed by atoms with Crippen molar-refractivity contribution < 1.29 is 31.9 Å². The summed E-state index contributed by atoms with van der Waals surface area (Å²) >= 11 is 0. The lowest BCUT2D eigenvalue weighted by Crippen LogP contribution is -2.43. The number of Topliss-reactive ketones (excluding diaryl/α,β-unsaturated/α-hetero) is 1. The molecule has 2 N–H and O–H groups in total. The lowest BCUT2D eigenvalue weighted by atomic mass is 10.0. The summed E-state index contributed by atoms with van der Waals surface area (Å²) in [6, 6.07) is 14.7. The van der Waals surface area contributed by atoms with E-state index in [-0.39, 0.29) is 21.7 Å². The Morgan fingerprint density at radius 1 is 0.939 bits per heavy atom. The van der Waals surface area contributed by atoms with Crippen molar-refractivity contribution >= 4 is 33.2 Å². The van der Waals surface area contributed by atoms with Gasteiger partial charge in [0.2, 0.25) is 11.7 Å². The molecule has 0 spiro atoms. The van der Waals surface area contributed by atoms with Crippen LogP contribution in [0.3, 0.4) is 0 Å². The van der Waals surface area contributed by atoms with Crippen LogP contribution >= 0.6 is 0 Å². The fourth-order valence-corrected chi connectivity index (χ4v) is 5.01. The molecule has 0 saturated carbocycles. The monoisotopic (exact) mass is 470 g/mol. The van der Waals surface area contributed by atoms with Crippen LogP contribution in [0.5, 0.6) is 0 Å². The van der Waals surface area contributed by atoms with Gasteiger partial charge in [0, 0.05) is 16.8 Å². The molecule has 0 aromatic heterocycles. The summed E-state index contributed by atoms with van der Waals surface area (Å²) in [5.41, 5.74) is -0.781. The second-order valence-corrected chi connectivity index (χ2v) is 8.93. The van der Waals surface area contributed by atoms with Crippen LogP contribution in [-0.4, -0.2) is 36.1 Å². The Morgan fingerprint density at radius 3 is 2.33 bits per heavy atom. The highest BCUT2D eigenvalue weighted by Crippen LogP contribution is 2.35. The van der Waals surface area contributed by atoms with Crippen molar-refractivity contribution in [1.82, 2.24) is 4.31 Å². The Morgan fingerprint density at radius 2 is 1.64 bits per heavy atom. The molecule has 0 bridgehead atoms. The minimum Gasteiger partial charge on any atom is -0.505 e. The highest BCUT2D eigenvalue weighted by molar-refractivity contribution is 7.89. The van der Waals surface area contributed by atoms with Crippen LogP contribution in [0.15, 0.2) is 83.4 Å². The van der Waals surface area contributed by atoms with Crippen LogP contribution in [0.4, 0.5) is 14.5 Å². The molecule has 10 heteroatoms. The van der Waals surface area contributed by atoms with Gasteiger partial charge in [-0.15, -0.1) is 0 Å². The number of anilines is 1. The van der Waals surface area contributed by atoms with E-state index in [9.17, 15) is 31.9 Å². The van der Waals surface area contributed by atoms with Crippen LogP contribution in [0.25, 0.3) is 5.76 Å². The third-order valence-electron chi connectivity index (χ3n) is 4.90. The zero-order chi connectivity index (χ0) is 23.8. The van der Waals surface area contributed by atoms with Gasteiger partial charge in [-0.2, -0.15) is 0 Å². The molecule has 1 amide bonds. The molecule has 0 radical (unpaired) electrons. The summed E-state index contributed by atoms with van der Waals surface area (Å²) in [6.07, 6.45) is 0. The molecular formula is C23H16F2N2O5S. The van der Waals surface area contributed by atoms with E-state index in [4.69, 9.17) is 0 Å². The summed E-state index contributed by atoms with van der Waals surface area (Å²) in [7, 11) is -4.44. The van der Waals surface area contributed by atoms with Gasteiger partial charge in [0.15, 0.2) is 5.76 Å². The van der Waals surface area contributed by atoms with E-state index in [2.05, 4.69) is 5.32 Å². The van der Waals surface area contributed by atoms with Gasteiger partial charge in [-0.25, -0.2) is 21.5 Å². The molecule has 0 fully saturated rings. The maximum absolute atomic E-state index is 13.4. The fourth-order valence-electron chi connectivity index (χ4n) is 3.39. The normalized spacial score (nSPS) is 16.2. The third-order valence-corrected chi connectivity index (χ3v) is 6.71. The number of halogens is 2. The molecule has 0 unspecified atom stereocenters. The lowest BCUT2D eigenvalue weighted by Gasteiger charge is -2.31. The number of allylic oxidation sites excluding steroid dienone is 1. The summed E-state index contributed by atoms with van der Waals surface area (Å²) in [6.45, 7) is -0.875. The molecule has 1 aliphatic heterocycles. The predicted octanol–water partition coefficient (Wildman–Crippen LogP) is 3.72. The Hall–Kier alpha value is -4.05. The molecular weight excluding hydrogens is 454 g/mol. The Labute approximate surface area is 187 Å². The molecule has 168 valence electrons. The zero-order valence-electron chi connectivity index (χ0n) is 16.8. The maximum atomic E-state index is 13.4. The minimum absolute atomic E-state index is 0.0233.